The third-order valence-corrected chi connectivity index (χ3v) is 4.70. The Kier molecular flexibility index (Phi) is 6.52. The minimum atomic E-state index is -3.63. The summed E-state index contributed by atoms with van der Waals surface area (Å²) in [6.07, 6.45) is 5.04. The lowest BCUT2D eigenvalue weighted by Gasteiger charge is -2.14. The standard InChI is InChI=1S/C15H24O3S/c1-4-5-6-7-11-14(3)18-19(16,17)15-12-9-8-10-13(15)2/h8-10,12,14H,4-7,11H2,1-3H3. The van der Waals surface area contributed by atoms with E-state index in [0.717, 1.165) is 24.8 Å². The molecule has 19 heavy (non-hydrogen) atoms. The zero-order chi connectivity index (χ0) is 14.3. The lowest BCUT2D eigenvalue weighted by atomic mass is 10.1. The van der Waals surface area contributed by atoms with Crippen LogP contribution in [-0.4, -0.2) is 14.5 Å². The fourth-order valence-corrected chi connectivity index (χ4v) is 3.35. The molecule has 108 valence electrons. The van der Waals surface area contributed by atoms with E-state index >= 15 is 0 Å². The van der Waals surface area contributed by atoms with Gasteiger partial charge >= 0.3 is 0 Å². The minimum absolute atomic E-state index is 0.263. The predicted molar refractivity (Wildman–Crippen MR) is 77.7 cm³/mol. The van der Waals surface area contributed by atoms with E-state index < -0.39 is 10.1 Å². The first-order valence-electron chi connectivity index (χ1n) is 6.96. The Morgan fingerprint density at radius 2 is 1.84 bits per heavy atom. The van der Waals surface area contributed by atoms with E-state index in [4.69, 9.17) is 4.18 Å². The van der Waals surface area contributed by atoms with Crippen LogP contribution in [0.15, 0.2) is 29.2 Å². The lowest BCUT2D eigenvalue weighted by Crippen LogP contribution is -2.16. The largest absolute Gasteiger partial charge is 0.297 e. The van der Waals surface area contributed by atoms with Crippen LogP contribution < -0.4 is 0 Å². The second kappa shape index (κ2) is 7.65. The van der Waals surface area contributed by atoms with Gasteiger partial charge in [0, 0.05) is 0 Å². The second-order valence-corrected chi connectivity index (χ2v) is 6.52. The van der Waals surface area contributed by atoms with E-state index in [1.54, 1.807) is 25.1 Å². The van der Waals surface area contributed by atoms with Crippen molar-refractivity contribution in [2.75, 3.05) is 0 Å². The zero-order valence-corrected chi connectivity index (χ0v) is 12.9. The molecule has 1 unspecified atom stereocenters. The number of rotatable bonds is 8. The molecule has 3 nitrogen and oxygen atoms in total. The normalized spacial score (nSPS) is 13.4. The topological polar surface area (TPSA) is 43.4 Å². The molecule has 1 rings (SSSR count). The maximum absolute atomic E-state index is 12.1. The van der Waals surface area contributed by atoms with Gasteiger partial charge in [-0.1, -0.05) is 50.8 Å². The molecule has 1 aromatic rings. The van der Waals surface area contributed by atoms with Crippen LogP contribution in [0, 0.1) is 6.92 Å². The average molecular weight is 284 g/mol. The molecule has 0 aliphatic carbocycles. The van der Waals surface area contributed by atoms with Crippen molar-refractivity contribution >= 4 is 10.1 Å². The highest BCUT2D eigenvalue weighted by Crippen LogP contribution is 2.20. The zero-order valence-electron chi connectivity index (χ0n) is 12.1. The van der Waals surface area contributed by atoms with Gasteiger partial charge in [-0.2, -0.15) is 8.42 Å². The van der Waals surface area contributed by atoms with Gasteiger partial charge in [0.2, 0.25) is 0 Å². The number of hydrogen-bond acceptors (Lipinski definition) is 3. The summed E-state index contributed by atoms with van der Waals surface area (Å²) in [5, 5.41) is 0. The molecule has 0 aromatic heterocycles. The summed E-state index contributed by atoms with van der Waals surface area (Å²) >= 11 is 0. The molecule has 0 heterocycles. The molecule has 1 atom stereocenters. The molecule has 0 saturated heterocycles. The Bertz CT molecular complexity index is 480. The van der Waals surface area contributed by atoms with Gasteiger partial charge in [0.1, 0.15) is 0 Å². The van der Waals surface area contributed by atoms with E-state index in [-0.39, 0.29) is 11.0 Å². The van der Waals surface area contributed by atoms with E-state index in [0.29, 0.717) is 0 Å². The molecular weight excluding hydrogens is 260 g/mol. The number of aryl methyl sites for hydroxylation is 1. The maximum Gasteiger partial charge on any atom is 0.297 e. The van der Waals surface area contributed by atoms with Crippen molar-refractivity contribution in [2.45, 2.75) is 63.9 Å². The van der Waals surface area contributed by atoms with Gasteiger partial charge in [-0.3, -0.25) is 4.18 Å². The van der Waals surface area contributed by atoms with Crippen molar-refractivity contribution in [3.05, 3.63) is 29.8 Å². The van der Waals surface area contributed by atoms with Crippen molar-refractivity contribution in [1.29, 1.82) is 0 Å². The third kappa shape index (κ3) is 5.33. The van der Waals surface area contributed by atoms with Crippen LogP contribution in [0.4, 0.5) is 0 Å². The Hall–Kier alpha value is -0.870. The first kappa shape index (κ1) is 16.2. The van der Waals surface area contributed by atoms with E-state index in [1.807, 2.05) is 13.0 Å². The Morgan fingerprint density at radius 1 is 1.16 bits per heavy atom. The van der Waals surface area contributed by atoms with Gasteiger partial charge in [0.25, 0.3) is 10.1 Å². The van der Waals surface area contributed by atoms with Crippen molar-refractivity contribution in [3.63, 3.8) is 0 Å². The van der Waals surface area contributed by atoms with Crippen LogP contribution in [0.3, 0.4) is 0 Å². The highest BCUT2D eigenvalue weighted by Gasteiger charge is 2.20. The Labute approximate surface area is 117 Å². The predicted octanol–water partition coefficient (Wildman–Crippen LogP) is 4.06. The molecule has 0 amide bonds. The first-order chi connectivity index (χ1) is 8.97. The molecule has 0 saturated carbocycles. The summed E-state index contributed by atoms with van der Waals surface area (Å²) in [5.41, 5.74) is 0.723. The maximum atomic E-state index is 12.1. The molecule has 0 radical (unpaired) electrons. The number of benzene rings is 1. The second-order valence-electron chi connectivity index (χ2n) is 4.98. The minimum Gasteiger partial charge on any atom is -0.263 e. The molecule has 0 aliphatic heterocycles. The molecule has 1 aromatic carbocycles. The summed E-state index contributed by atoms with van der Waals surface area (Å²) < 4.78 is 29.5. The third-order valence-electron chi connectivity index (χ3n) is 3.12. The fraction of sp³-hybridized carbons (Fsp3) is 0.600. The summed E-state index contributed by atoms with van der Waals surface area (Å²) in [4.78, 5) is 0.274. The summed E-state index contributed by atoms with van der Waals surface area (Å²) in [6, 6.07) is 6.91. The van der Waals surface area contributed by atoms with E-state index in [2.05, 4.69) is 6.92 Å². The molecule has 0 aliphatic rings. The molecule has 4 heteroatoms. The molecule has 0 bridgehead atoms. The molecular formula is C15H24O3S. The monoisotopic (exact) mass is 284 g/mol. The quantitative estimate of drug-likeness (QED) is 0.534. The van der Waals surface area contributed by atoms with Crippen LogP contribution in [0.2, 0.25) is 0 Å². The van der Waals surface area contributed by atoms with Gasteiger partial charge in [-0.15, -0.1) is 0 Å². The van der Waals surface area contributed by atoms with Gasteiger partial charge in [0.05, 0.1) is 11.0 Å². The van der Waals surface area contributed by atoms with Crippen molar-refractivity contribution < 1.29 is 12.6 Å². The van der Waals surface area contributed by atoms with E-state index in [1.165, 1.54) is 12.8 Å². The summed E-state index contributed by atoms with van der Waals surface area (Å²) in [6.45, 7) is 5.76. The van der Waals surface area contributed by atoms with Crippen LogP contribution in [0.1, 0.15) is 51.5 Å². The van der Waals surface area contributed by atoms with Crippen LogP contribution in [0.25, 0.3) is 0 Å². The molecule has 0 fully saturated rings. The van der Waals surface area contributed by atoms with Gasteiger partial charge in [-0.25, -0.2) is 0 Å². The van der Waals surface area contributed by atoms with Gasteiger partial charge < -0.3 is 0 Å². The van der Waals surface area contributed by atoms with Crippen LogP contribution in [0.5, 0.6) is 0 Å². The highest BCUT2D eigenvalue weighted by molar-refractivity contribution is 7.86. The van der Waals surface area contributed by atoms with Crippen molar-refractivity contribution in [2.24, 2.45) is 0 Å². The Morgan fingerprint density at radius 3 is 2.47 bits per heavy atom. The Balaban J connectivity index is 2.58. The van der Waals surface area contributed by atoms with Crippen LogP contribution >= 0.6 is 0 Å². The SMILES string of the molecule is CCCCCCC(C)OS(=O)(=O)c1ccccc1C. The summed E-state index contributed by atoms with van der Waals surface area (Å²) in [7, 11) is -3.63. The first-order valence-corrected chi connectivity index (χ1v) is 8.37. The fourth-order valence-electron chi connectivity index (χ4n) is 2.01. The number of hydrogen-bond donors (Lipinski definition) is 0. The lowest BCUT2D eigenvalue weighted by molar-refractivity contribution is 0.213. The average Bonchev–Trinajstić information content (AvgIpc) is 2.34. The van der Waals surface area contributed by atoms with E-state index in [9.17, 15) is 8.42 Å². The van der Waals surface area contributed by atoms with Crippen molar-refractivity contribution in [3.8, 4) is 0 Å². The highest BCUT2D eigenvalue weighted by atomic mass is 32.2. The van der Waals surface area contributed by atoms with Crippen molar-refractivity contribution in [1.82, 2.24) is 0 Å². The summed E-state index contributed by atoms with van der Waals surface area (Å²) in [5.74, 6) is 0. The van der Waals surface area contributed by atoms with Gasteiger partial charge in [0.15, 0.2) is 0 Å². The van der Waals surface area contributed by atoms with Gasteiger partial charge in [-0.05, 0) is 31.9 Å². The number of unbranched alkanes of at least 4 members (excludes halogenated alkanes) is 3. The van der Waals surface area contributed by atoms with Crippen LogP contribution in [-0.2, 0) is 14.3 Å². The molecule has 0 spiro atoms. The smallest absolute Gasteiger partial charge is 0.263 e. The molecule has 0 N–H and O–H groups in total.